The first-order valence-electron chi connectivity index (χ1n) is 3.23. The highest BCUT2D eigenvalue weighted by molar-refractivity contribution is 5.22. The van der Waals surface area contributed by atoms with E-state index in [1.54, 1.807) is 5.01 Å². The molecule has 0 aromatic carbocycles. The Balaban J connectivity index is 2.38. The molecule has 0 aromatic heterocycles. The van der Waals surface area contributed by atoms with Crippen molar-refractivity contribution in [2.45, 2.75) is 18.8 Å². The van der Waals surface area contributed by atoms with Crippen molar-refractivity contribution in [3.8, 4) is 0 Å². The molecule has 1 heterocycles. The van der Waals surface area contributed by atoms with E-state index in [4.69, 9.17) is 0 Å². The summed E-state index contributed by atoms with van der Waals surface area (Å²) in [7, 11) is 0. The third kappa shape index (κ3) is 1.65. The van der Waals surface area contributed by atoms with Gasteiger partial charge in [-0.3, -0.25) is 5.01 Å². The number of hydrogen-bond donors (Lipinski definition) is 0. The quantitative estimate of drug-likeness (QED) is 0.512. The zero-order valence-corrected chi connectivity index (χ0v) is 5.69. The summed E-state index contributed by atoms with van der Waals surface area (Å²) in [6.07, 6.45) is -0.183. The van der Waals surface area contributed by atoms with Gasteiger partial charge in [-0.25, -0.2) is 8.78 Å². The molecule has 1 aliphatic heterocycles. The fourth-order valence-electron chi connectivity index (χ4n) is 0.963. The molecular weight excluding hydrogens is 138 g/mol. The van der Waals surface area contributed by atoms with Crippen LogP contribution in [0.3, 0.4) is 0 Å². The van der Waals surface area contributed by atoms with Gasteiger partial charge in [-0.05, 0) is 0 Å². The van der Waals surface area contributed by atoms with Crippen molar-refractivity contribution in [1.29, 1.82) is 0 Å². The van der Waals surface area contributed by atoms with Crippen LogP contribution in [0, 0.1) is 0 Å². The summed E-state index contributed by atoms with van der Waals surface area (Å²) in [6.45, 7) is 3.92. The van der Waals surface area contributed by atoms with Gasteiger partial charge in [-0.15, -0.1) is 0 Å². The minimum Gasteiger partial charge on any atom is -0.297 e. The summed E-state index contributed by atoms with van der Waals surface area (Å²) in [6, 6.07) is 0. The molecule has 4 heteroatoms. The standard InChI is InChI=1S/C6H10F2N2/c1-9-10-4-2-6(7,8)3-5-10/h1-5H2. The monoisotopic (exact) mass is 148 g/mol. The van der Waals surface area contributed by atoms with Gasteiger partial charge in [0.15, 0.2) is 0 Å². The molecule has 1 fully saturated rings. The average molecular weight is 148 g/mol. The van der Waals surface area contributed by atoms with Crippen LogP contribution in [-0.4, -0.2) is 30.7 Å². The summed E-state index contributed by atoms with van der Waals surface area (Å²) >= 11 is 0. The van der Waals surface area contributed by atoms with Gasteiger partial charge >= 0.3 is 0 Å². The third-order valence-electron chi connectivity index (χ3n) is 1.67. The van der Waals surface area contributed by atoms with Crippen LogP contribution in [0.2, 0.25) is 0 Å². The van der Waals surface area contributed by atoms with E-state index in [0.29, 0.717) is 13.1 Å². The number of nitrogens with zero attached hydrogens (tertiary/aromatic N) is 2. The van der Waals surface area contributed by atoms with Gasteiger partial charge < -0.3 is 0 Å². The molecule has 0 radical (unpaired) electrons. The van der Waals surface area contributed by atoms with Crippen LogP contribution >= 0.6 is 0 Å². The second kappa shape index (κ2) is 2.52. The SMILES string of the molecule is C=NN1CCC(F)(F)CC1. The van der Waals surface area contributed by atoms with Crippen LogP contribution in [0.1, 0.15) is 12.8 Å². The number of hydrazone groups is 1. The van der Waals surface area contributed by atoms with Crippen molar-refractivity contribution in [3.05, 3.63) is 0 Å². The minimum absolute atomic E-state index is 0.0913. The summed E-state index contributed by atoms with van der Waals surface area (Å²) in [5.41, 5.74) is 0. The Morgan fingerprint density at radius 2 is 1.80 bits per heavy atom. The first-order valence-corrected chi connectivity index (χ1v) is 3.23. The maximum Gasteiger partial charge on any atom is 0.251 e. The van der Waals surface area contributed by atoms with Crippen molar-refractivity contribution in [2.24, 2.45) is 5.10 Å². The van der Waals surface area contributed by atoms with Gasteiger partial charge in [0.2, 0.25) is 0 Å². The van der Waals surface area contributed by atoms with Crippen molar-refractivity contribution in [3.63, 3.8) is 0 Å². The van der Waals surface area contributed by atoms with Crippen LogP contribution in [0.15, 0.2) is 5.10 Å². The lowest BCUT2D eigenvalue weighted by Crippen LogP contribution is -2.36. The van der Waals surface area contributed by atoms with Gasteiger partial charge in [-0.1, -0.05) is 0 Å². The molecule has 0 amide bonds. The number of piperidine rings is 1. The summed E-state index contributed by atoms with van der Waals surface area (Å²) in [4.78, 5) is 0. The topological polar surface area (TPSA) is 15.6 Å². The second-order valence-electron chi connectivity index (χ2n) is 2.45. The van der Waals surface area contributed by atoms with Crippen LogP contribution in [-0.2, 0) is 0 Å². The van der Waals surface area contributed by atoms with E-state index < -0.39 is 5.92 Å². The van der Waals surface area contributed by atoms with Gasteiger partial charge in [0.25, 0.3) is 5.92 Å². The smallest absolute Gasteiger partial charge is 0.251 e. The Morgan fingerprint density at radius 3 is 2.20 bits per heavy atom. The molecule has 1 saturated heterocycles. The van der Waals surface area contributed by atoms with E-state index in [1.165, 1.54) is 0 Å². The largest absolute Gasteiger partial charge is 0.297 e. The lowest BCUT2D eigenvalue weighted by Gasteiger charge is -2.29. The number of halogens is 2. The lowest BCUT2D eigenvalue weighted by molar-refractivity contribution is -0.0545. The first-order chi connectivity index (χ1) is 4.64. The number of hydrogen-bond acceptors (Lipinski definition) is 2. The van der Waals surface area contributed by atoms with Crippen LogP contribution < -0.4 is 0 Å². The van der Waals surface area contributed by atoms with Gasteiger partial charge in [0, 0.05) is 32.6 Å². The number of rotatable bonds is 1. The normalized spacial score (nSPS) is 24.4. The maximum absolute atomic E-state index is 12.4. The maximum atomic E-state index is 12.4. The predicted molar refractivity (Wildman–Crippen MR) is 35.3 cm³/mol. The Hall–Kier alpha value is -0.670. The van der Waals surface area contributed by atoms with E-state index >= 15 is 0 Å². The van der Waals surface area contributed by atoms with Gasteiger partial charge in [0.05, 0.1) is 0 Å². The summed E-state index contributed by atoms with van der Waals surface area (Å²) < 4.78 is 24.9. The predicted octanol–water partition coefficient (Wildman–Crippen LogP) is 1.33. The molecule has 1 rings (SSSR count). The molecular formula is C6H10F2N2. The van der Waals surface area contributed by atoms with Crippen molar-refractivity contribution < 1.29 is 8.78 Å². The Bertz CT molecular complexity index is 126. The molecule has 0 atom stereocenters. The zero-order chi connectivity index (χ0) is 7.61. The Labute approximate surface area is 58.5 Å². The van der Waals surface area contributed by atoms with E-state index in [2.05, 4.69) is 11.8 Å². The molecule has 0 saturated carbocycles. The van der Waals surface area contributed by atoms with Gasteiger partial charge in [0.1, 0.15) is 0 Å². The molecule has 0 unspecified atom stereocenters. The summed E-state index contributed by atoms with van der Waals surface area (Å²) in [5, 5.41) is 5.13. The van der Waals surface area contributed by atoms with Crippen LogP contribution in [0.5, 0.6) is 0 Å². The molecule has 10 heavy (non-hydrogen) atoms. The fraction of sp³-hybridized carbons (Fsp3) is 0.833. The molecule has 0 bridgehead atoms. The molecule has 0 spiro atoms. The first kappa shape index (κ1) is 7.44. The molecule has 1 aliphatic rings. The molecule has 58 valence electrons. The Kier molecular flexibility index (Phi) is 1.87. The van der Waals surface area contributed by atoms with E-state index in [-0.39, 0.29) is 12.8 Å². The molecule has 0 aromatic rings. The minimum atomic E-state index is -2.47. The van der Waals surface area contributed by atoms with Crippen LogP contribution in [0.25, 0.3) is 0 Å². The van der Waals surface area contributed by atoms with Gasteiger partial charge in [-0.2, -0.15) is 5.10 Å². The second-order valence-corrected chi connectivity index (χ2v) is 2.45. The van der Waals surface area contributed by atoms with Crippen molar-refractivity contribution >= 4 is 6.72 Å². The van der Waals surface area contributed by atoms with Crippen LogP contribution in [0.4, 0.5) is 8.78 Å². The lowest BCUT2D eigenvalue weighted by atomic mass is 10.1. The highest BCUT2D eigenvalue weighted by Gasteiger charge is 2.33. The molecule has 0 aliphatic carbocycles. The van der Waals surface area contributed by atoms with E-state index in [1.807, 2.05) is 0 Å². The molecule has 0 N–H and O–H groups in total. The molecule has 2 nitrogen and oxygen atoms in total. The highest BCUT2D eigenvalue weighted by Crippen LogP contribution is 2.27. The fourth-order valence-corrected chi connectivity index (χ4v) is 0.963. The number of alkyl halides is 2. The zero-order valence-electron chi connectivity index (χ0n) is 5.69. The van der Waals surface area contributed by atoms with E-state index in [9.17, 15) is 8.78 Å². The average Bonchev–Trinajstić information content (AvgIpc) is 1.88. The highest BCUT2D eigenvalue weighted by atomic mass is 19.3. The third-order valence-corrected chi connectivity index (χ3v) is 1.67. The Morgan fingerprint density at radius 1 is 1.30 bits per heavy atom. The van der Waals surface area contributed by atoms with E-state index in [0.717, 1.165) is 0 Å². The summed E-state index contributed by atoms with van der Waals surface area (Å²) in [5.74, 6) is -2.47. The van der Waals surface area contributed by atoms with Crippen molar-refractivity contribution in [1.82, 2.24) is 5.01 Å². The van der Waals surface area contributed by atoms with Crippen molar-refractivity contribution in [2.75, 3.05) is 13.1 Å².